The van der Waals surface area contributed by atoms with Crippen molar-refractivity contribution in [2.45, 2.75) is 59.0 Å². The molecule has 0 aromatic rings. The first-order valence-corrected chi connectivity index (χ1v) is 7.46. The Morgan fingerprint density at radius 1 is 1.11 bits per heavy atom. The summed E-state index contributed by atoms with van der Waals surface area (Å²) in [6.07, 6.45) is 2.43. The summed E-state index contributed by atoms with van der Waals surface area (Å²) in [7, 11) is 4.29. The molecule has 0 amide bonds. The van der Waals surface area contributed by atoms with Gasteiger partial charge < -0.3 is 10.2 Å². The predicted octanol–water partition coefficient (Wildman–Crippen LogP) is 2.43. The van der Waals surface area contributed by atoms with Gasteiger partial charge in [-0.3, -0.25) is 4.90 Å². The van der Waals surface area contributed by atoms with Gasteiger partial charge in [0.15, 0.2) is 0 Å². The van der Waals surface area contributed by atoms with Crippen molar-refractivity contribution >= 4 is 0 Å². The third-order valence-electron chi connectivity index (χ3n) is 3.84. The second kappa shape index (κ2) is 8.89. The van der Waals surface area contributed by atoms with Crippen molar-refractivity contribution in [2.24, 2.45) is 0 Å². The van der Waals surface area contributed by atoms with Crippen molar-refractivity contribution < 1.29 is 0 Å². The lowest BCUT2D eigenvalue weighted by molar-refractivity contribution is 0.191. The van der Waals surface area contributed by atoms with E-state index in [2.05, 4.69) is 63.8 Å². The molecule has 0 aliphatic rings. The first-order chi connectivity index (χ1) is 8.32. The Kier molecular flexibility index (Phi) is 8.83. The van der Waals surface area contributed by atoms with E-state index < -0.39 is 0 Å². The fourth-order valence-electron chi connectivity index (χ4n) is 1.96. The molecule has 0 radical (unpaired) electrons. The minimum atomic E-state index is 0.261. The minimum absolute atomic E-state index is 0.261. The maximum Gasteiger partial charge on any atom is 0.0192 e. The van der Waals surface area contributed by atoms with Crippen LogP contribution >= 0.6 is 0 Å². The molecule has 0 heterocycles. The van der Waals surface area contributed by atoms with Gasteiger partial charge in [0.1, 0.15) is 0 Å². The zero-order valence-corrected chi connectivity index (χ0v) is 13.7. The minimum Gasteiger partial charge on any atom is -0.310 e. The zero-order valence-electron chi connectivity index (χ0n) is 13.7. The molecular formula is C15H35N3. The van der Waals surface area contributed by atoms with Gasteiger partial charge in [-0.05, 0) is 67.3 Å². The van der Waals surface area contributed by atoms with Crippen LogP contribution in [0.3, 0.4) is 0 Å². The fourth-order valence-corrected chi connectivity index (χ4v) is 1.96. The summed E-state index contributed by atoms with van der Waals surface area (Å²) in [5, 5.41) is 3.67. The molecular weight excluding hydrogens is 222 g/mol. The largest absolute Gasteiger partial charge is 0.310 e. The maximum atomic E-state index is 3.67. The van der Waals surface area contributed by atoms with E-state index in [4.69, 9.17) is 0 Å². The monoisotopic (exact) mass is 257 g/mol. The molecule has 0 aliphatic carbocycles. The number of nitrogens with zero attached hydrogens (tertiary/aromatic N) is 2. The number of nitrogens with one attached hydrogen (secondary N) is 1. The normalized spacial score (nSPS) is 14.5. The van der Waals surface area contributed by atoms with Crippen molar-refractivity contribution in [3.8, 4) is 0 Å². The van der Waals surface area contributed by atoms with Crippen molar-refractivity contribution in [1.82, 2.24) is 15.1 Å². The van der Waals surface area contributed by atoms with Crippen LogP contribution in [-0.2, 0) is 0 Å². The van der Waals surface area contributed by atoms with Crippen molar-refractivity contribution in [3.63, 3.8) is 0 Å². The fraction of sp³-hybridized carbons (Fsp3) is 1.00. The molecule has 0 aromatic heterocycles. The second-order valence-corrected chi connectivity index (χ2v) is 6.25. The molecule has 0 saturated heterocycles. The Morgan fingerprint density at radius 2 is 1.72 bits per heavy atom. The highest BCUT2D eigenvalue weighted by atomic mass is 15.2. The Hall–Kier alpha value is -0.120. The molecule has 3 heteroatoms. The summed E-state index contributed by atoms with van der Waals surface area (Å²) in [6, 6.07) is 0.614. The van der Waals surface area contributed by atoms with Crippen molar-refractivity contribution in [3.05, 3.63) is 0 Å². The van der Waals surface area contributed by atoms with Crippen molar-refractivity contribution in [1.29, 1.82) is 0 Å². The SMILES string of the molecule is CCN(CCCN(C)C)C(C)CNC(C)(C)CC. The van der Waals surface area contributed by atoms with Crippen molar-refractivity contribution in [2.75, 3.05) is 40.3 Å². The average Bonchev–Trinajstić information content (AvgIpc) is 2.31. The zero-order chi connectivity index (χ0) is 14.2. The summed E-state index contributed by atoms with van der Waals surface area (Å²) in [5.74, 6) is 0. The second-order valence-electron chi connectivity index (χ2n) is 6.25. The Morgan fingerprint density at radius 3 is 2.17 bits per heavy atom. The number of hydrogen-bond donors (Lipinski definition) is 1. The van der Waals surface area contributed by atoms with Gasteiger partial charge in [-0.2, -0.15) is 0 Å². The molecule has 0 bridgehead atoms. The van der Waals surface area contributed by atoms with Gasteiger partial charge in [0, 0.05) is 18.1 Å². The Balaban J connectivity index is 3.99. The lowest BCUT2D eigenvalue weighted by Crippen LogP contribution is -2.47. The number of hydrogen-bond acceptors (Lipinski definition) is 3. The van der Waals surface area contributed by atoms with E-state index in [1.807, 2.05) is 0 Å². The van der Waals surface area contributed by atoms with E-state index in [1.54, 1.807) is 0 Å². The highest BCUT2D eigenvalue weighted by molar-refractivity contribution is 4.79. The van der Waals surface area contributed by atoms with Gasteiger partial charge in [0.2, 0.25) is 0 Å². The average molecular weight is 257 g/mol. The highest BCUT2D eigenvalue weighted by Gasteiger charge is 2.17. The topological polar surface area (TPSA) is 18.5 Å². The molecule has 1 atom stereocenters. The van der Waals surface area contributed by atoms with Gasteiger partial charge in [0.25, 0.3) is 0 Å². The maximum absolute atomic E-state index is 3.67. The first-order valence-electron chi connectivity index (χ1n) is 7.46. The lowest BCUT2D eigenvalue weighted by atomic mass is 10.0. The van der Waals surface area contributed by atoms with E-state index in [0.717, 1.165) is 13.1 Å². The van der Waals surface area contributed by atoms with Crippen LogP contribution < -0.4 is 5.32 Å². The third-order valence-corrected chi connectivity index (χ3v) is 3.84. The van der Waals surface area contributed by atoms with Crippen LogP contribution in [0.1, 0.15) is 47.5 Å². The summed E-state index contributed by atoms with van der Waals surface area (Å²) >= 11 is 0. The molecule has 1 unspecified atom stereocenters. The summed E-state index contributed by atoms with van der Waals surface area (Å²) in [5.41, 5.74) is 0.261. The van der Waals surface area contributed by atoms with Crippen LogP contribution in [0, 0.1) is 0 Å². The van der Waals surface area contributed by atoms with Gasteiger partial charge >= 0.3 is 0 Å². The van der Waals surface area contributed by atoms with Crippen LogP contribution in [0.5, 0.6) is 0 Å². The first kappa shape index (κ1) is 17.9. The van der Waals surface area contributed by atoms with E-state index in [-0.39, 0.29) is 5.54 Å². The van der Waals surface area contributed by atoms with E-state index in [1.165, 1.54) is 25.9 Å². The highest BCUT2D eigenvalue weighted by Crippen LogP contribution is 2.08. The summed E-state index contributed by atoms with van der Waals surface area (Å²) < 4.78 is 0. The molecule has 3 nitrogen and oxygen atoms in total. The molecule has 18 heavy (non-hydrogen) atoms. The van der Waals surface area contributed by atoms with Crippen LogP contribution in [0.25, 0.3) is 0 Å². The van der Waals surface area contributed by atoms with E-state index in [0.29, 0.717) is 6.04 Å². The molecule has 0 aromatic carbocycles. The molecule has 0 fully saturated rings. The molecule has 0 aliphatic heterocycles. The third kappa shape index (κ3) is 8.06. The van der Waals surface area contributed by atoms with Crippen LogP contribution in [0.15, 0.2) is 0 Å². The summed E-state index contributed by atoms with van der Waals surface area (Å²) in [4.78, 5) is 4.83. The van der Waals surface area contributed by atoms with Gasteiger partial charge in [0.05, 0.1) is 0 Å². The van der Waals surface area contributed by atoms with Gasteiger partial charge in [-0.1, -0.05) is 13.8 Å². The molecule has 0 saturated carbocycles. The number of likely N-dealkylation sites (N-methyl/N-ethyl adjacent to an activating group) is 1. The predicted molar refractivity (Wildman–Crippen MR) is 82.3 cm³/mol. The van der Waals surface area contributed by atoms with Crippen LogP contribution in [-0.4, -0.2) is 61.7 Å². The Bertz CT molecular complexity index is 202. The quantitative estimate of drug-likeness (QED) is 0.648. The van der Waals surface area contributed by atoms with Crippen LogP contribution in [0.4, 0.5) is 0 Å². The lowest BCUT2D eigenvalue weighted by Gasteiger charge is -2.32. The standard InChI is InChI=1S/C15H35N3/c1-8-15(4,5)16-13-14(3)18(9-2)12-10-11-17(6)7/h14,16H,8-13H2,1-7H3. The van der Waals surface area contributed by atoms with Crippen LogP contribution in [0.2, 0.25) is 0 Å². The summed E-state index contributed by atoms with van der Waals surface area (Å²) in [6.45, 7) is 16.0. The van der Waals surface area contributed by atoms with Gasteiger partial charge in [-0.25, -0.2) is 0 Å². The molecule has 0 spiro atoms. The van der Waals surface area contributed by atoms with Gasteiger partial charge in [-0.15, -0.1) is 0 Å². The Labute approximate surface area is 115 Å². The molecule has 110 valence electrons. The molecule has 0 rings (SSSR count). The number of rotatable bonds is 10. The van der Waals surface area contributed by atoms with E-state index in [9.17, 15) is 0 Å². The molecule has 1 N–H and O–H groups in total. The van der Waals surface area contributed by atoms with E-state index >= 15 is 0 Å². The smallest absolute Gasteiger partial charge is 0.0192 e.